The molecule has 0 saturated heterocycles. The summed E-state index contributed by atoms with van der Waals surface area (Å²) in [5.74, 6) is 1.35. The van der Waals surface area contributed by atoms with Crippen LogP contribution in [0, 0.1) is 13.8 Å². The first-order chi connectivity index (χ1) is 15.6. The molecule has 162 valence electrons. The molecule has 1 amide bonds. The summed E-state index contributed by atoms with van der Waals surface area (Å²) < 4.78 is 8.10. The Morgan fingerprint density at radius 2 is 1.78 bits per heavy atom. The number of pyridine rings is 1. The molecule has 6 nitrogen and oxygen atoms in total. The molecule has 0 bridgehead atoms. The van der Waals surface area contributed by atoms with Gasteiger partial charge in [-0.25, -0.2) is 4.68 Å². The van der Waals surface area contributed by atoms with E-state index in [1.165, 1.54) is 0 Å². The van der Waals surface area contributed by atoms with Crippen LogP contribution in [0.15, 0.2) is 79.1 Å². The van der Waals surface area contributed by atoms with Gasteiger partial charge in [-0.3, -0.25) is 9.78 Å². The second kappa shape index (κ2) is 9.92. The number of nitrogens with one attached hydrogen (secondary N) is 1. The van der Waals surface area contributed by atoms with Gasteiger partial charge >= 0.3 is 0 Å². The molecule has 4 aromatic rings. The van der Waals surface area contributed by atoms with Crippen molar-refractivity contribution in [1.82, 2.24) is 20.1 Å². The van der Waals surface area contributed by atoms with Gasteiger partial charge in [0.1, 0.15) is 5.75 Å². The number of ether oxygens (including phenoxy) is 1. The molecule has 1 N–H and O–H groups in total. The van der Waals surface area contributed by atoms with Crippen molar-refractivity contribution < 1.29 is 9.53 Å². The van der Waals surface area contributed by atoms with Gasteiger partial charge in [-0.2, -0.15) is 5.10 Å². The molecule has 0 saturated carbocycles. The normalized spacial score (nSPS) is 10.7. The first-order valence-electron chi connectivity index (χ1n) is 10.6. The van der Waals surface area contributed by atoms with E-state index in [9.17, 15) is 4.79 Å². The fraction of sp³-hybridized carbons (Fsp3) is 0.192. The molecular formula is C26H26N4O2. The molecule has 0 aliphatic carbocycles. The summed E-state index contributed by atoms with van der Waals surface area (Å²) in [6.45, 7) is 4.48. The minimum atomic E-state index is -0.0184. The number of carbonyl (C=O) groups excluding carboxylic acids is 1. The standard InChI is InChI=1S/C26H26N4O2/c1-19-7-6-8-22(17-19)30-26(32-23-9-4-3-5-10-23)24(20(2)29-30)11-12-25(31)28-18-21-13-15-27-16-14-21/h3-10,13-17H,11-12,18H2,1-2H3,(H,28,31). The summed E-state index contributed by atoms with van der Waals surface area (Å²) in [4.78, 5) is 16.5. The molecule has 32 heavy (non-hydrogen) atoms. The molecule has 0 atom stereocenters. The molecule has 0 aliphatic heterocycles. The Morgan fingerprint density at radius 3 is 2.53 bits per heavy atom. The Labute approximate surface area is 187 Å². The largest absolute Gasteiger partial charge is 0.439 e. The van der Waals surface area contributed by atoms with Gasteiger partial charge in [0.25, 0.3) is 0 Å². The van der Waals surface area contributed by atoms with Crippen molar-refractivity contribution in [2.24, 2.45) is 0 Å². The second-order valence-electron chi connectivity index (χ2n) is 7.67. The fourth-order valence-corrected chi connectivity index (χ4v) is 3.49. The summed E-state index contributed by atoms with van der Waals surface area (Å²) in [5, 5.41) is 7.71. The van der Waals surface area contributed by atoms with Gasteiger partial charge in [0, 0.05) is 30.9 Å². The van der Waals surface area contributed by atoms with Crippen LogP contribution >= 0.6 is 0 Å². The van der Waals surface area contributed by atoms with Crippen LogP contribution in [-0.4, -0.2) is 20.7 Å². The maximum Gasteiger partial charge on any atom is 0.226 e. The zero-order valence-electron chi connectivity index (χ0n) is 18.3. The Kier molecular flexibility index (Phi) is 6.60. The number of aromatic nitrogens is 3. The van der Waals surface area contributed by atoms with E-state index < -0.39 is 0 Å². The number of benzene rings is 2. The number of nitrogens with zero attached hydrogens (tertiary/aromatic N) is 3. The van der Waals surface area contributed by atoms with E-state index in [1.807, 2.05) is 79.2 Å². The van der Waals surface area contributed by atoms with Gasteiger partial charge in [0.2, 0.25) is 11.8 Å². The third-order valence-corrected chi connectivity index (χ3v) is 5.18. The quantitative estimate of drug-likeness (QED) is 0.434. The number of hydrogen-bond acceptors (Lipinski definition) is 4. The molecule has 0 radical (unpaired) electrons. The Bertz CT molecular complexity index is 1190. The summed E-state index contributed by atoms with van der Waals surface area (Å²) in [6, 6.07) is 21.5. The summed E-state index contributed by atoms with van der Waals surface area (Å²) in [7, 11) is 0. The number of hydrogen-bond donors (Lipinski definition) is 1. The topological polar surface area (TPSA) is 69.0 Å². The van der Waals surface area contributed by atoms with E-state index in [0.717, 1.165) is 33.8 Å². The van der Waals surface area contributed by atoms with E-state index in [4.69, 9.17) is 9.84 Å². The highest BCUT2D eigenvalue weighted by molar-refractivity contribution is 5.76. The molecule has 0 spiro atoms. The van der Waals surface area contributed by atoms with Gasteiger partial charge < -0.3 is 10.1 Å². The number of amides is 1. The van der Waals surface area contributed by atoms with Gasteiger partial charge in [-0.05, 0) is 67.8 Å². The lowest BCUT2D eigenvalue weighted by Gasteiger charge is -2.12. The number of para-hydroxylation sites is 1. The highest BCUT2D eigenvalue weighted by atomic mass is 16.5. The van der Waals surface area contributed by atoms with Gasteiger partial charge in [0.15, 0.2) is 0 Å². The highest BCUT2D eigenvalue weighted by Crippen LogP contribution is 2.31. The van der Waals surface area contributed by atoms with Crippen molar-refractivity contribution in [1.29, 1.82) is 0 Å². The van der Waals surface area contributed by atoms with Crippen molar-refractivity contribution in [2.45, 2.75) is 33.2 Å². The molecule has 2 aromatic carbocycles. The number of rotatable bonds is 8. The van der Waals surface area contributed by atoms with E-state index in [-0.39, 0.29) is 5.91 Å². The van der Waals surface area contributed by atoms with E-state index in [0.29, 0.717) is 25.3 Å². The third kappa shape index (κ3) is 5.21. The van der Waals surface area contributed by atoms with Crippen LogP contribution in [0.5, 0.6) is 11.6 Å². The molecule has 2 heterocycles. The fourth-order valence-electron chi connectivity index (χ4n) is 3.49. The zero-order chi connectivity index (χ0) is 22.3. The first-order valence-corrected chi connectivity index (χ1v) is 10.6. The average molecular weight is 427 g/mol. The van der Waals surface area contributed by atoms with E-state index in [2.05, 4.69) is 16.4 Å². The smallest absolute Gasteiger partial charge is 0.226 e. The van der Waals surface area contributed by atoms with Gasteiger partial charge in [-0.1, -0.05) is 30.3 Å². The van der Waals surface area contributed by atoms with Crippen molar-refractivity contribution in [2.75, 3.05) is 0 Å². The van der Waals surface area contributed by atoms with Crippen LogP contribution < -0.4 is 10.1 Å². The third-order valence-electron chi connectivity index (χ3n) is 5.18. The predicted octanol–water partition coefficient (Wildman–Crippen LogP) is 4.93. The molecule has 6 heteroatoms. The highest BCUT2D eigenvalue weighted by Gasteiger charge is 2.20. The molecule has 0 fully saturated rings. The van der Waals surface area contributed by atoms with Crippen molar-refractivity contribution >= 4 is 5.91 Å². The Hall–Kier alpha value is -3.93. The summed E-state index contributed by atoms with van der Waals surface area (Å²) in [6.07, 6.45) is 4.31. The first kappa shape index (κ1) is 21.3. The Morgan fingerprint density at radius 1 is 1.00 bits per heavy atom. The molecule has 0 aliphatic rings. The lowest BCUT2D eigenvalue weighted by Crippen LogP contribution is -2.23. The number of carbonyl (C=O) groups is 1. The molecular weight excluding hydrogens is 400 g/mol. The summed E-state index contributed by atoms with van der Waals surface area (Å²) in [5.41, 5.74) is 4.85. The minimum absolute atomic E-state index is 0.0184. The zero-order valence-corrected chi connectivity index (χ0v) is 18.3. The van der Waals surface area contributed by atoms with Crippen LogP contribution in [0.1, 0.15) is 28.8 Å². The average Bonchev–Trinajstić information content (AvgIpc) is 3.12. The van der Waals surface area contributed by atoms with E-state index >= 15 is 0 Å². The maximum absolute atomic E-state index is 12.5. The van der Waals surface area contributed by atoms with Crippen LogP contribution in [0.3, 0.4) is 0 Å². The molecule has 0 unspecified atom stereocenters. The second-order valence-corrected chi connectivity index (χ2v) is 7.67. The lowest BCUT2D eigenvalue weighted by molar-refractivity contribution is -0.121. The minimum Gasteiger partial charge on any atom is -0.439 e. The number of aryl methyl sites for hydroxylation is 2. The maximum atomic E-state index is 12.5. The van der Waals surface area contributed by atoms with Crippen molar-refractivity contribution in [3.63, 3.8) is 0 Å². The van der Waals surface area contributed by atoms with Crippen molar-refractivity contribution in [3.8, 4) is 17.3 Å². The van der Waals surface area contributed by atoms with Crippen LogP contribution in [-0.2, 0) is 17.8 Å². The van der Waals surface area contributed by atoms with Crippen LogP contribution in [0.25, 0.3) is 5.69 Å². The summed E-state index contributed by atoms with van der Waals surface area (Å²) >= 11 is 0. The predicted molar refractivity (Wildman–Crippen MR) is 124 cm³/mol. The molecule has 2 aromatic heterocycles. The van der Waals surface area contributed by atoms with Gasteiger partial charge in [0.05, 0.1) is 11.4 Å². The van der Waals surface area contributed by atoms with Crippen LogP contribution in [0.2, 0.25) is 0 Å². The van der Waals surface area contributed by atoms with Gasteiger partial charge in [-0.15, -0.1) is 0 Å². The lowest BCUT2D eigenvalue weighted by atomic mass is 10.1. The Balaban J connectivity index is 1.56. The molecule has 4 rings (SSSR count). The monoisotopic (exact) mass is 426 g/mol. The van der Waals surface area contributed by atoms with Crippen molar-refractivity contribution in [3.05, 3.63) is 102 Å². The van der Waals surface area contributed by atoms with Crippen LogP contribution in [0.4, 0.5) is 0 Å². The van der Waals surface area contributed by atoms with E-state index in [1.54, 1.807) is 12.4 Å². The SMILES string of the molecule is Cc1cccc(-n2nc(C)c(CCC(=O)NCc3ccncc3)c2Oc2ccccc2)c1.